The topological polar surface area (TPSA) is 144 Å². The van der Waals surface area contributed by atoms with Crippen LogP contribution in [0.1, 0.15) is 34.8 Å². The summed E-state index contributed by atoms with van der Waals surface area (Å²) < 4.78 is 12.8. The number of amides is 2. The highest BCUT2D eigenvalue weighted by molar-refractivity contribution is 6.35. The molecule has 0 aliphatic carbocycles. The van der Waals surface area contributed by atoms with Crippen molar-refractivity contribution in [2.24, 2.45) is 0 Å². The van der Waals surface area contributed by atoms with Crippen LogP contribution in [0, 0.1) is 0 Å². The second kappa shape index (κ2) is 13.3. The Morgan fingerprint density at radius 2 is 1.89 bits per heavy atom. The lowest BCUT2D eigenvalue weighted by Crippen LogP contribution is -2.40. The second-order valence-electron chi connectivity index (χ2n) is 10.8. The van der Waals surface area contributed by atoms with E-state index in [1.807, 2.05) is 35.0 Å². The quantitative estimate of drug-likeness (QED) is 0.168. The van der Waals surface area contributed by atoms with E-state index in [1.54, 1.807) is 56.9 Å². The number of hydrogen-bond donors (Lipinski definition) is 3. The van der Waals surface area contributed by atoms with Gasteiger partial charge in [-0.25, -0.2) is 14.8 Å². The van der Waals surface area contributed by atoms with Crippen LogP contribution in [0.2, 0.25) is 5.02 Å². The van der Waals surface area contributed by atoms with Crippen LogP contribution in [-0.4, -0.2) is 69.1 Å². The summed E-state index contributed by atoms with van der Waals surface area (Å²) in [5.74, 6) is 2.03. The van der Waals surface area contributed by atoms with Crippen LogP contribution < -0.4 is 20.1 Å². The van der Waals surface area contributed by atoms with Crippen LogP contribution >= 0.6 is 11.6 Å². The Bertz CT molecular complexity index is 1880. The lowest BCUT2D eigenvalue weighted by atomic mass is 10.0. The van der Waals surface area contributed by atoms with Crippen molar-refractivity contribution in [3.05, 3.63) is 89.2 Å². The highest BCUT2D eigenvalue weighted by Crippen LogP contribution is 2.39. The molecule has 1 atom stereocenters. The first-order valence-electron chi connectivity index (χ1n) is 14.7. The number of halogens is 1. The van der Waals surface area contributed by atoms with Gasteiger partial charge in [0.05, 0.1) is 42.4 Å². The Morgan fingerprint density at radius 3 is 2.61 bits per heavy atom. The van der Waals surface area contributed by atoms with Crippen LogP contribution in [0.5, 0.6) is 11.5 Å². The first kappa shape index (κ1) is 30.7. The molecule has 0 bridgehead atoms. The van der Waals surface area contributed by atoms with E-state index in [0.29, 0.717) is 69.8 Å². The number of carbonyl (C=O) groups is 2. The van der Waals surface area contributed by atoms with Crippen molar-refractivity contribution in [3.63, 3.8) is 0 Å². The summed E-state index contributed by atoms with van der Waals surface area (Å²) in [6, 6.07) is 17.7. The number of hydrogen-bond acceptors (Lipinski definition) is 8. The molecule has 0 unspecified atom stereocenters. The molecule has 1 aliphatic heterocycles. The maximum atomic E-state index is 12.9. The SMILES string of the molecule is COc1ccc(CNc2ncc(Cl)c3c2c(-c2ccc(C(=O)Nc4ccccn4)cc2)nn3[C@@H]2CCCN(C(=O)O)C2)c(OC)c1. The molecule has 13 heteroatoms. The number of benzene rings is 2. The van der Waals surface area contributed by atoms with E-state index in [0.717, 1.165) is 17.5 Å². The average Bonchev–Trinajstić information content (AvgIpc) is 3.50. The summed E-state index contributed by atoms with van der Waals surface area (Å²) in [6.45, 7) is 1.12. The van der Waals surface area contributed by atoms with Gasteiger partial charge >= 0.3 is 6.09 Å². The molecule has 3 aromatic heterocycles. The van der Waals surface area contributed by atoms with Crippen LogP contribution in [-0.2, 0) is 6.54 Å². The molecule has 0 radical (unpaired) electrons. The third-order valence-electron chi connectivity index (χ3n) is 7.96. The Kier molecular flexibility index (Phi) is 8.88. The van der Waals surface area contributed by atoms with Crippen LogP contribution in [0.3, 0.4) is 0 Å². The molecule has 1 saturated heterocycles. The molecule has 4 heterocycles. The molecule has 12 nitrogen and oxygen atoms in total. The fourth-order valence-corrected chi connectivity index (χ4v) is 5.87. The van der Waals surface area contributed by atoms with Crippen molar-refractivity contribution in [1.29, 1.82) is 0 Å². The van der Waals surface area contributed by atoms with Crippen molar-refractivity contribution in [2.45, 2.75) is 25.4 Å². The molecule has 6 rings (SSSR count). The van der Waals surface area contributed by atoms with E-state index in [1.165, 1.54) is 4.90 Å². The summed E-state index contributed by atoms with van der Waals surface area (Å²) >= 11 is 6.82. The van der Waals surface area contributed by atoms with Gasteiger partial charge < -0.3 is 30.1 Å². The predicted octanol–water partition coefficient (Wildman–Crippen LogP) is 6.34. The van der Waals surface area contributed by atoms with E-state index in [4.69, 9.17) is 26.2 Å². The molecular formula is C33H32ClN7O5. The maximum absolute atomic E-state index is 12.9. The number of pyridine rings is 2. The third kappa shape index (κ3) is 6.24. The molecule has 2 amide bonds. The number of ether oxygens (including phenoxy) is 2. The summed E-state index contributed by atoms with van der Waals surface area (Å²) in [5.41, 5.74) is 3.31. The fourth-order valence-electron chi connectivity index (χ4n) is 5.64. The van der Waals surface area contributed by atoms with E-state index in [9.17, 15) is 14.7 Å². The number of likely N-dealkylation sites (tertiary alicyclic amines) is 1. The lowest BCUT2D eigenvalue weighted by molar-refractivity contribution is 0.102. The first-order valence-corrected chi connectivity index (χ1v) is 15.1. The molecule has 2 aromatic carbocycles. The molecule has 1 aliphatic rings. The summed E-state index contributed by atoms with van der Waals surface area (Å²) in [7, 11) is 3.20. The van der Waals surface area contributed by atoms with Crippen molar-refractivity contribution < 1.29 is 24.2 Å². The Morgan fingerprint density at radius 1 is 1.07 bits per heavy atom. The van der Waals surface area contributed by atoms with E-state index >= 15 is 0 Å². The van der Waals surface area contributed by atoms with Gasteiger partial charge in [0, 0.05) is 48.6 Å². The number of aromatic nitrogens is 4. The highest BCUT2D eigenvalue weighted by Gasteiger charge is 2.29. The second-order valence-corrected chi connectivity index (χ2v) is 11.2. The highest BCUT2D eigenvalue weighted by atomic mass is 35.5. The summed E-state index contributed by atoms with van der Waals surface area (Å²) in [4.78, 5) is 35.0. The van der Waals surface area contributed by atoms with Crippen molar-refractivity contribution in [2.75, 3.05) is 37.9 Å². The molecule has 1 fully saturated rings. The maximum Gasteiger partial charge on any atom is 0.407 e. The normalized spacial score (nSPS) is 14.6. The van der Waals surface area contributed by atoms with Gasteiger partial charge in [-0.2, -0.15) is 5.10 Å². The number of methoxy groups -OCH3 is 2. The summed E-state index contributed by atoms with van der Waals surface area (Å²) in [6.07, 6.45) is 3.64. The van der Waals surface area contributed by atoms with Gasteiger partial charge in [-0.15, -0.1) is 0 Å². The summed E-state index contributed by atoms with van der Waals surface area (Å²) in [5, 5.41) is 22.0. The molecule has 0 spiro atoms. The fraction of sp³-hybridized carbons (Fsp3) is 0.242. The number of piperidine rings is 1. The van der Waals surface area contributed by atoms with Gasteiger partial charge in [-0.1, -0.05) is 29.8 Å². The van der Waals surface area contributed by atoms with Gasteiger partial charge in [0.1, 0.15) is 28.8 Å². The number of rotatable bonds is 9. The molecule has 46 heavy (non-hydrogen) atoms. The zero-order valence-electron chi connectivity index (χ0n) is 25.2. The Hall–Kier alpha value is -5.36. The van der Waals surface area contributed by atoms with E-state index in [2.05, 4.69) is 20.6 Å². The number of anilines is 2. The zero-order valence-corrected chi connectivity index (χ0v) is 26.0. The standard InChI is InChI=1S/C33H32ClN7O5/c1-45-24-13-12-22(26(16-24)46-2)17-36-31-28-29(20-8-10-21(11-9-20)32(42)38-27-7-3-4-14-35-27)39-41(30(28)25(34)18-37-31)23-6-5-15-40(19-23)33(43)44/h3-4,7-14,16,18,23H,5-6,15,17,19H2,1-2H3,(H,36,37)(H,43,44)(H,35,38,42)/t23-/m1/s1. The Balaban J connectivity index is 1.40. The molecule has 236 valence electrons. The first-order chi connectivity index (χ1) is 22.4. The lowest BCUT2D eigenvalue weighted by Gasteiger charge is -2.31. The van der Waals surface area contributed by atoms with Gasteiger partial charge in [-0.05, 0) is 49.2 Å². The van der Waals surface area contributed by atoms with Gasteiger partial charge in [0.25, 0.3) is 5.91 Å². The van der Waals surface area contributed by atoms with Crippen molar-refractivity contribution >= 4 is 46.1 Å². The minimum atomic E-state index is -0.968. The Labute approximate surface area is 269 Å². The smallest absolute Gasteiger partial charge is 0.407 e. The third-order valence-corrected chi connectivity index (χ3v) is 8.24. The van der Waals surface area contributed by atoms with Gasteiger partial charge in [-0.3, -0.25) is 9.48 Å². The minimum absolute atomic E-state index is 0.237. The number of carbonyl (C=O) groups excluding carboxylic acids is 1. The number of nitrogens with zero attached hydrogens (tertiary/aromatic N) is 5. The minimum Gasteiger partial charge on any atom is -0.497 e. The number of nitrogens with one attached hydrogen (secondary N) is 2. The van der Waals surface area contributed by atoms with Crippen LogP contribution in [0.4, 0.5) is 16.4 Å². The van der Waals surface area contributed by atoms with Gasteiger partial charge in [0.15, 0.2) is 0 Å². The van der Waals surface area contributed by atoms with Crippen LogP contribution in [0.15, 0.2) is 73.1 Å². The zero-order chi connectivity index (χ0) is 32.2. The van der Waals surface area contributed by atoms with E-state index in [-0.39, 0.29) is 18.5 Å². The molecule has 3 N–H and O–H groups in total. The number of carboxylic acid groups (broad SMARTS) is 1. The largest absolute Gasteiger partial charge is 0.497 e. The monoisotopic (exact) mass is 641 g/mol. The molecule has 5 aromatic rings. The number of fused-ring (bicyclic) bond motifs is 1. The molecular weight excluding hydrogens is 610 g/mol. The predicted molar refractivity (Wildman–Crippen MR) is 175 cm³/mol. The molecule has 0 saturated carbocycles. The van der Waals surface area contributed by atoms with Crippen LogP contribution in [0.25, 0.3) is 22.2 Å². The average molecular weight is 642 g/mol. The van der Waals surface area contributed by atoms with E-state index < -0.39 is 6.09 Å². The van der Waals surface area contributed by atoms with Gasteiger partial charge in [0.2, 0.25) is 0 Å². The van der Waals surface area contributed by atoms with Crippen molar-refractivity contribution in [3.8, 4) is 22.8 Å². The van der Waals surface area contributed by atoms with Crippen molar-refractivity contribution in [1.82, 2.24) is 24.6 Å².